The second-order valence-corrected chi connectivity index (χ2v) is 5.57. The topological polar surface area (TPSA) is 87.2 Å². The lowest BCUT2D eigenvalue weighted by atomic mass is 10.1. The molecule has 0 radical (unpaired) electrons. The largest absolute Gasteiger partial charge is 0.573 e. The van der Waals surface area contributed by atoms with Crippen molar-refractivity contribution in [2.45, 2.75) is 38.8 Å². The van der Waals surface area contributed by atoms with Gasteiger partial charge in [0.2, 0.25) is 11.8 Å². The van der Waals surface area contributed by atoms with Crippen molar-refractivity contribution in [1.29, 1.82) is 0 Å². The quantitative estimate of drug-likeness (QED) is 0.814. The number of piperazine rings is 1. The fraction of sp³-hybridized carbons (Fsp3) is 0.438. The number of likely N-dealkylation sites (N-methyl/N-ethyl adjacent to an activating group) is 1. The Labute approximate surface area is 147 Å². The zero-order chi connectivity index (χ0) is 20.1. The normalized spacial score (nSPS) is 20.4. The SMILES string of the molecule is C[C@H]1C(=O)N(Cc2cccc(OC(F)(F)F)c2)[C@@H](C)C(=O)N1C.O=CO. The smallest absolute Gasteiger partial charge is 0.483 e. The van der Waals surface area contributed by atoms with Crippen LogP contribution < -0.4 is 4.74 Å². The van der Waals surface area contributed by atoms with Gasteiger partial charge in [0.05, 0.1) is 0 Å². The average molecular weight is 376 g/mol. The third-order valence-electron chi connectivity index (χ3n) is 3.88. The highest BCUT2D eigenvalue weighted by Gasteiger charge is 2.39. The van der Waals surface area contributed by atoms with Gasteiger partial charge < -0.3 is 19.6 Å². The van der Waals surface area contributed by atoms with Crippen LogP contribution in [0.2, 0.25) is 0 Å². The van der Waals surface area contributed by atoms with Gasteiger partial charge in [-0.05, 0) is 31.5 Å². The average Bonchev–Trinajstić information content (AvgIpc) is 2.55. The van der Waals surface area contributed by atoms with Crippen LogP contribution >= 0.6 is 0 Å². The zero-order valence-electron chi connectivity index (χ0n) is 14.4. The Morgan fingerprint density at radius 2 is 1.77 bits per heavy atom. The van der Waals surface area contributed by atoms with Gasteiger partial charge in [-0.2, -0.15) is 0 Å². The van der Waals surface area contributed by atoms with E-state index < -0.39 is 18.4 Å². The summed E-state index contributed by atoms with van der Waals surface area (Å²) in [7, 11) is 1.55. The molecule has 1 aliphatic heterocycles. The van der Waals surface area contributed by atoms with Gasteiger partial charge in [0.15, 0.2) is 0 Å². The van der Waals surface area contributed by atoms with Crippen LogP contribution in [0.5, 0.6) is 5.75 Å². The molecule has 2 atom stereocenters. The summed E-state index contributed by atoms with van der Waals surface area (Å²) in [6.07, 6.45) is -4.78. The summed E-state index contributed by atoms with van der Waals surface area (Å²) in [4.78, 5) is 35.5. The zero-order valence-corrected chi connectivity index (χ0v) is 14.4. The van der Waals surface area contributed by atoms with Gasteiger partial charge in [0.25, 0.3) is 6.47 Å². The number of alkyl halides is 3. The summed E-state index contributed by atoms with van der Waals surface area (Å²) >= 11 is 0. The molecule has 0 aliphatic carbocycles. The number of amides is 2. The van der Waals surface area contributed by atoms with Gasteiger partial charge in [-0.1, -0.05) is 12.1 Å². The molecular formula is C16H19F3N2O5. The van der Waals surface area contributed by atoms with Crippen LogP contribution in [0.4, 0.5) is 13.2 Å². The molecule has 26 heavy (non-hydrogen) atoms. The maximum absolute atomic E-state index is 12.3. The van der Waals surface area contributed by atoms with Crippen LogP contribution in [-0.2, 0) is 20.9 Å². The lowest BCUT2D eigenvalue weighted by molar-refractivity contribution is -0.274. The molecule has 1 aromatic carbocycles. The number of carboxylic acid groups (broad SMARTS) is 1. The Bertz CT molecular complexity index is 666. The predicted molar refractivity (Wildman–Crippen MR) is 84.1 cm³/mol. The number of halogens is 3. The van der Waals surface area contributed by atoms with Crippen LogP contribution in [0, 0.1) is 0 Å². The molecule has 0 bridgehead atoms. The van der Waals surface area contributed by atoms with Crippen LogP contribution in [-0.4, -0.2) is 58.7 Å². The summed E-state index contributed by atoms with van der Waals surface area (Å²) in [6.45, 7) is 3.00. The summed E-state index contributed by atoms with van der Waals surface area (Å²) in [6, 6.07) is 4.11. The molecule has 0 spiro atoms. The van der Waals surface area contributed by atoms with Crippen molar-refractivity contribution in [2.75, 3.05) is 7.05 Å². The fourth-order valence-corrected chi connectivity index (χ4v) is 2.47. The first-order valence-corrected chi connectivity index (χ1v) is 7.51. The van der Waals surface area contributed by atoms with Gasteiger partial charge in [0, 0.05) is 13.6 Å². The molecule has 10 heteroatoms. The molecule has 7 nitrogen and oxygen atoms in total. The second-order valence-electron chi connectivity index (χ2n) is 5.57. The summed E-state index contributed by atoms with van der Waals surface area (Å²) in [5.74, 6) is -0.815. The van der Waals surface area contributed by atoms with E-state index in [1.807, 2.05) is 0 Å². The fourth-order valence-electron chi connectivity index (χ4n) is 2.47. The van der Waals surface area contributed by atoms with Gasteiger partial charge in [0.1, 0.15) is 17.8 Å². The van der Waals surface area contributed by atoms with E-state index in [4.69, 9.17) is 9.90 Å². The lowest BCUT2D eigenvalue weighted by Gasteiger charge is -2.41. The Morgan fingerprint density at radius 3 is 2.31 bits per heavy atom. The van der Waals surface area contributed by atoms with Crippen molar-refractivity contribution in [2.24, 2.45) is 0 Å². The second kappa shape index (κ2) is 8.54. The van der Waals surface area contributed by atoms with Gasteiger partial charge in [-0.3, -0.25) is 14.4 Å². The first-order chi connectivity index (χ1) is 12.0. The van der Waals surface area contributed by atoms with Crippen molar-refractivity contribution in [3.63, 3.8) is 0 Å². The van der Waals surface area contributed by atoms with Gasteiger partial charge >= 0.3 is 6.36 Å². The molecule has 2 rings (SSSR count). The number of nitrogens with zero attached hydrogens (tertiary/aromatic N) is 2. The first kappa shape index (κ1) is 21.3. The van der Waals surface area contributed by atoms with E-state index in [9.17, 15) is 22.8 Å². The van der Waals surface area contributed by atoms with Crippen molar-refractivity contribution in [3.05, 3.63) is 29.8 Å². The minimum atomic E-state index is -4.78. The highest BCUT2D eigenvalue weighted by Crippen LogP contribution is 2.25. The number of carbonyl (C=O) groups is 3. The Balaban J connectivity index is 0.00000105. The lowest BCUT2D eigenvalue weighted by Crippen LogP contribution is -2.61. The number of carbonyl (C=O) groups excluding carboxylic acids is 2. The molecule has 2 amide bonds. The van der Waals surface area contributed by atoms with E-state index >= 15 is 0 Å². The summed E-state index contributed by atoms with van der Waals surface area (Å²) in [5, 5.41) is 6.89. The number of hydrogen-bond acceptors (Lipinski definition) is 4. The molecule has 0 aromatic heterocycles. The number of rotatable bonds is 3. The Morgan fingerprint density at radius 1 is 1.19 bits per heavy atom. The van der Waals surface area contributed by atoms with Crippen LogP contribution in [0.3, 0.4) is 0 Å². The molecule has 1 heterocycles. The standard InChI is InChI=1S/C15H17F3N2O3.CH2O2/c1-9-14(22)20(10(2)13(21)19(9)3)8-11-5-4-6-12(7-11)23-15(16,17)18;2-1-3/h4-7,9-10H,8H2,1-3H3;1H,(H,2,3)/t9-,10-;/m0./s1. The van der Waals surface area contributed by atoms with Crippen molar-refractivity contribution in [1.82, 2.24) is 9.80 Å². The monoisotopic (exact) mass is 376 g/mol. The summed E-state index contributed by atoms with van der Waals surface area (Å²) < 4.78 is 40.7. The maximum atomic E-state index is 12.3. The van der Waals surface area contributed by atoms with E-state index in [0.29, 0.717) is 5.56 Å². The van der Waals surface area contributed by atoms with Gasteiger partial charge in [-0.15, -0.1) is 13.2 Å². The third kappa shape index (κ3) is 5.36. The molecule has 1 aromatic rings. The molecule has 1 saturated heterocycles. The van der Waals surface area contributed by atoms with Gasteiger partial charge in [-0.25, -0.2) is 0 Å². The van der Waals surface area contributed by atoms with E-state index in [-0.39, 0.29) is 30.6 Å². The number of hydrogen-bond donors (Lipinski definition) is 1. The van der Waals surface area contributed by atoms with E-state index in [1.54, 1.807) is 27.0 Å². The molecular weight excluding hydrogens is 357 g/mol. The molecule has 1 fully saturated rings. The molecule has 1 N–H and O–H groups in total. The molecule has 144 valence electrons. The van der Waals surface area contributed by atoms with E-state index in [1.165, 1.54) is 28.0 Å². The van der Waals surface area contributed by atoms with Crippen LogP contribution in [0.15, 0.2) is 24.3 Å². The van der Waals surface area contributed by atoms with Crippen molar-refractivity contribution >= 4 is 18.3 Å². The van der Waals surface area contributed by atoms with Crippen LogP contribution in [0.25, 0.3) is 0 Å². The highest BCUT2D eigenvalue weighted by atomic mass is 19.4. The van der Waals surface area contributed by atoms with Crippen molar-refractivity contribution in [3.8, 4) is 5.75 Å². The minimum absolute atomic E-state index is 0.0407. The van der Waals surface area contributed by atoms with E-state index in [0.717, 1.165) is 0 Å². The van der Waals surface area contributed by atoms with Crippen LogP contribution in [0.1, 0.15) is 19.4 Å². The molecule has 1 aliphatic rings. The highest BCUT2D eigenvalue weighted by molar-refractivity contribution is 5.96. The minimum Gasteiger partial charge on any atom is -0.483 e. The van der Waals surface area contributed by atoms with Crippen molar-refractivity contribution < 1.29 is 37.4 Å². The predicted octanol–water partition coefficient (Wildman–Crippen LogP) is 1.86. The third-order valence-corrected chi connectivity index (χ3v) is 3.88. The number of benzene rings is 1. The summed E-state index contributed by atoms with van der Waals surface area (Å²) in [5.41, 5.74) is 0.455. The Hall–Kier alpha value is -2.78. The first-order valence-electron chi connectivity index (χ1n) is 7.51. The number of ether oxygens (including phenoxy) is 1. The maximum Gasteiger partial charge on any atom is 0.573 e. The molecule has 0 saturated carbocycles. The molecule has 0 unspecified atom stereocenters. The van der Waals surface area contributed by atoms with E-state index in [2.05, 4.69) is 4.74 Å². The Kier molecular flexibility index (Phi) is 6.99.